The number of fused-ring (bicyclic) bond motifs is 1. The van der Waals surface area contributed by atoms with Crippen LogP contribution in [-0.4, -0.2) is 38.3 Å². The largest absolute Gasteiger partial charge is 0.356 e. The van der Waals surface area contributed by atoms with E-state index in [2.05, 4.69) is 35.6 Å². The molecular weight excluding hydrogens is 427 g/mol. The van der Waals surface area contributed by atoms with Crippen LogP contribution in [0.15, 0.2) is 71.6 Å². The molecule has 1 atom stereocenters. The van der Waals surface area contributed by atoms with Gasteiger partial charge in [-0.1, -0.05) is 42.5 Å². The molecule has 1 fully saturated rings. The van der Waals surface area contributed by atoms with E-state index >= 15 is 0 Å². The fraction of sp³-hybridized carbons (Fsp3) is 0.320. The minimum atomic E-state index is -3.74. The highest BCUT2D eigenvalue weighted by Gasteiger charge is 2.33. The molecule has 7 heteroatoms. The second-order valence-electron chi connectivity index (χ2n) is 8.19. The van der Waals surface area contributed by atoms with Gasteiger partial charge in [-0.25, -0.2) is 12.8 Å². The summed E-state index contributed by atoms with van der Waals surface area (Å²) in [6, 6.07) is 19.3. The van der Waals surface area contributed by atoms with Crippen molar-refractivity contribution in [3.05, 3.63) is 78.1 Å². The van der Waals surface area contributed by atoms with Gasteiger partial charge in [0.05, 0.1) is 10.8 Å². The van der Waals surface area contributed by atoms with Crippen molar-refractivity contribution in [2.24, 2.45) is 5.92 Å². The Labute approximate surface area is 188 Å². The monoisotopic (exact) mass is 454 g/mol. The number of sulfonamides is 1. The number of benzene rings is 3. The summed E-state index contributed by atoms with van der Waals surface area (Å²) in [7, 11) is -3.74. The highest BCUT2D eigenvalue weighted by atomic mass is 32.2. The van der Waals surface area contributed by atoms with Crippen molar-refractivity contribution >= 4 is 26.7 Å². The van der Waals surface area contributed by atoms with Gasteiger partial charge in [0.15, 0.2) is 0 Å². The smallest absolute Gasteiger partial charge is 0.243 e. The van der Waals surface area contributed by atoms with E-state index in [-0.39, 0.29) is 23.3 Å². The minimum Gasteiger partial charge on any atom is -0.356 e. The van der Waals surface area contributed by atoms with E-state index in [0.717, 1.165) is 25.0 Å². The van der Waals surface area contributed by atoms with Crippen molar-refractivity contribution in [1.29, 1.82) is 0 Å². The van der Waals surface area contributed by atoms with Gasteiger partial charge in [0.2, 0.25) is 15.9 Å². The van der Waals surface area contributed by atoms with Crippen LogP contribution >= 0.6 is 0 Å². The summed E-state index contributed by atoms with van der Waals surface area (Å²) in [5.74, 6) is -0.971. The van der Waals surface area contributed by atoms with Crippen molar-refractivity contribution < 1.29 is 17.6 Å². The summed E-state index contributed by atoms with van der Waals surface area (Å²) in [6.07, 6.45) is 2.94. The van der Waals surface area contributed by atoms with Crippen LogP contribution in [0.1, 0.15) is 24.8 Å². The van der Waals surface area contributed by atoms with Gasteiger partial charge in [0, 0.05) is 19.6 Å². The van der Waals surface area contributed by atoms with Crippen LogP contribution in [0.3, 0.4) is 0 Å². The molecule has 4 rings (SSSR count). The van der Waals surface area contributed by atoms with Crippen LogP contribution in [-0.2, 0) is 21.2 Å². The van der Waals surface area contributed by atoms with Gasteiger partial charge in [0.25, 0.3) is 0 Å². The van der Waals surface area contributed by atoms with Gasteiger partial charge < -0.3 is 5.32 Å². The zero-order chi connectivity index (χ0) is 22.6. The standard InChI is InChI=1S/C25H27FN2O3S/c26-22-12-14-23(15-13-22)32(30,31)28-17-5-10-21(18-28)25(29)27-16-4-9-20-8-3-7-19-6-1-2-11-24(19)20/h1-3,6-8,11-15,21H,4-5,9-10,16-18H2,(H,27,29)/t21-/m0/s1. The Hall–Kier alpha value is -2.77. The van der Waals surface area contributed by atoms with Crippen LogP contribution in [0.25, 0.3) is 10.8 Å². The molecule has 1 heterocycles. The highest BCUT2D eigenvalue weighted by Crippen LogP contribution is 2.24. The number of rotatable bonds is 7. The van der Waals surface area contributed by atoms with Gasteiger partial charge in [-0.05, 0) is 66.3 Å². The number of halogens is 1. The molecule has 0 aromatic heterocycles. The van der Waals surface area contributed by atoms with Crippen molar-refractivity contribution in [3.8, 4) is 0 Å². The molecule has 5 nitrogen and oxygen atoms in total. The van der Waals surface area contributed by atoms with Crippen molar-refractivity contribution in [2.75, 3.05) is 19.6 Å². The molecule has 1 saturated heterocycles. The first-order valence-electron chi connectivity index (χ1n) is 11.0. The normalized spacial score (nSPS) is 17.3. The lowest BCUT2D eigenvalue weighted by atomic mass is 9.98. The van der Waals surface area contributed by atoms with Gasteiger partial charge in [-0.15, -0.1) is 0 Å². The van der Waals surface area contributed by atoms with Gasteiger partial charge in [-0.2, -0.15) is 4.31 Å². The number of aryl methyl sites for hydroxylation is 1. The third-order valence-electron chi connectivity index (χ3n) is 6.01. The molecule has 0 unspecified atom stereocenters. The Kier molecular flexibility index (Phi) is 6.86. The SMILES string of the molecule is O=C(NCCCc1cccc2ccccc12)[C@H]1CCCN(S(=O)(=O)c2ccc(F)cc2)C1. The summed E-state index contributed by atoms with van der Waals surface area (Å²) in [4.78, 5) is 12.7. The fourth-order valence-corrected chi connectivity index (χ4v) is 5.80. The Morgan fingerprint density at radius 1 is 1.03 bits per heavy atom. The maximum atomic E-state index is 13.2. The van der Waals surface area contributed by atoms with Crippen LogP contribution in [0.5, 0.6) is 0 Å². The molecule has 168 valence electrons. The second-order valence-corrected chi connectivity index (χ2v) is 10.1. The third kappa shape index (κ3) is 5.00. The summed E-state index contributed by atoms with van der Waals surface area (Å²) < 4.78 is 40.2. The number of hydrogen-bond acceptors (Lipinski definition) is 3. The molecule has 1 aliphatic rings. The van der Waals surface area contributed by atoms with Crippen molar-refractivity contribution in [2.45, 2.75) is 30.6 Å². The molecule has 3 aromatic rings. The number of amides is 1. The predicted octanol–water partition coefficient (Wildman–Crippen LogP) is 4.13. The molecule has 3 aromatic carbocycles. The summed E-state index contributed by atoms with van der Waals surface area (Å²) in [5.41, 5.74) is 1.26. The van der Waals surface area contributed by atoms with Crippen LogP contribution in [0, 0.1) is 11.7 Å². The maximum absolute atomic E-state index is 13.2. The molecule has 32 heavy (non-hydrogen) atoms. The summed E-state index contributed by atoms with van der Waals surface area (Å²) in [5, 5.41) is 5.42. The molecule has 1 amide bonds. The quantitative estimate of drug-likeness (QED) is 0.546. The molecule has 0 spiro atoms. The van der Waals surface area contributed by atoms with E-state index in [1.165, 1.54) is 32.8 Å². The second kappa shape index (κ2) is 9.79. The lowest BCUT2D eigenvalue weighted by molar-refractivity contribution is -0.126. The Bertz CT molecular complexity index is 1190. The number of nitrogens with one attached hydrogen (secondary N) is 1. The fourth-order valence-electron chi connectivity index (χ4n) is 4.28. The highest BCUT2D eigenvalue weighted by molar-refractivity contribution is 7.89. The lowest BCUT2D eigenvalue weighted by Gasteiger charge is -2.31. The van der Waals surface area contributed by atoms with E-state index in [9.17, 15) is 17.6 Å². The Balaban J connectivity index is 1.31. The molecular formula is C25H27FN2O3S. The lowest BCUT2D eigenvalue weighted by Crippen LogP contribution is -2.45. The molecule has 0 saturated carbocycles. The van der Waals surface area contributed by atoms with E-state index in [1.807, 2.05) is 12.1 Å². The van der Waals surface area contributed by atoms with Crippen molar-refractivity contribution in [1.82, 2.24) is 9.62 Å². The first kappa shape index (κ1) is 22.4. The Morgan fingerprint density at radius 3 is 2.59 bits per heavy atom. The average molecular weight is 455 g/mol. The molecule has 0 aliphatic carbocycles. The van der Waals surface area contributed by atoms with Crippen molar-refractivity contribution in [3.63, 3.8) is 0 Å². The zero-order valence-corrected chi connectivity index (χ0v) is 18.7. The van der Waals surface area contributed by atoms with Crippen LogP contribution in [0.2, 0.25) is 0 Å². The van der Waals surface area contributed by atoms with E-state index in [0.29, 0.717) is 25.9 Å². The van der Waals surface area contributed by atoms with Crippen LogP contribution < -0.4 is 5.32 Å². The molecule has 1 N–H and O–H groups in total. The molecule has 1 aliphatic heterocycles. The number of carbonyl (C=O) groups excluding carboxylic acids is 1. The number of piperidine rings is 1. The summed E-state index contributed by atoms with van der Waals surface area (Å²) >= 11 is 0. The number of hydrogen-bond donors (Lipinski definition) is 1. The van der Waals surface area contributed by atoms with E-state index in [1.54, 1.807) is 0 Å². The average Bonchev–Trinajstić information content (AvgIpc) is 2.82. The number of carbonyl (C=O) groups is 1. The van der Waals surface area contributed by atoms with E-state index in [4.69, 9.17) is 0 Å². The van der Waals surface area contributed by atoms with Gasteiger partial charge >= 0.3 is 0 Å². The minimum absolute atomic E-state index is 0.0510. The predicted molar refractivity (Wildman–Crippen MR) is 123 cm³/mol. The Morgan fingerprint density at radius 2 is 1.78 bits per heavy atom. The van der Waals surface area contributed by atoms with Crippen LogP contribution in [0.4, 0.5) is 4.39 Å². The third-order valence-corrected chi connectivity index (χ3v) is 7.89. The first-order chi connectivity index (χ1) is 15.4. The topological polar surface area (TPSA) is 66.5 Å². The first-order valence-corrected chi connectivity index (χ1v) is 12.4. The molecule has 0 radical (unpaired) electrons. The maximum Gasteiger partial charge on any atom is 0.243 e. The summed E-state index contributed by atoms with van der Waals surface area (Å²) in [6.45, 7) is 1.06. The molecule has 0 bridgehead atoms. The number of nitrogens with zero attached hydrogens (tertiary/aromatic N) is 1. The van der Waals surface area contributed by atoms with E-state index < -0.39 is 15.8 Å². The zero-order valence-electron chi connectivity index (χ0n) is 17.8. The van der Waals surface area contributed by atoms with Gasteiger partial charge in [0.1, 0.15) is 5.82 Å². The van der Waals surface area contributed by atoms with Gasteiger partial charge in [-0.3, -0.25) is 4.79 Å².